The third kappa shape index (κ3) is 3.23. The lowest BCUT2D eigenvalue weighted by Crippen LogP contribution is -2.41. The Kier molecular flexibility index (Phi) is 4.76. The molecule has 136 valence electrons. The first-order chi connectivity index (χ1) is 11.9. The van der Waals surface area contributed by atoms with E-state index in [0.29, 0.717) is 24.1 Å². The third-order valence-corrected chi connectivity index (χ3v) is 5.05. The maximum Gasteiger partial charge on any atom is 0.332 e. The smallest absolute Gasteiger partial charge is 0.332 e. The maximum absolute atomic E-state index is 12.6. The first-order valence-corrected chi connectivity index (χ1v) is 8.52. The van der Waals surface area contributed by atoms with Gasteiger partial charge >= 0.3 is 5.69 Å². The highest BCUT2D eigenvalue weighted by Crippen LogP contribution is 2.16. The van der Waals surface area contributed by atoms with Crippen molar-refractivity contribution in [2.45, 2.75) is 25.8 Å². The van der Waals surface area contributed by atoms with Crippen LogP contribution in [0.15, 0.2) is 15.9 Å². The molecule has 25 heavy (non-hydrogen) atoms. The molecule has 0 aliphatic carbocycles. The van der Waals surface area contributed by atoms with Gasteiger partial charge in [0.15, 0.2) is 11.2 Å². The summed E-state index contributed by atoms with van der Waals surface area (Å²) in [6, 6.07) is 0. The molecule has 2 aromatic heterocycles. The Labute approximate surface area is 144 Å². The monoisotopic (exact) mass is 348 g/mol. The second-order valence-corrected chi connectivity index (χ2v) is 6.70. The molecule has 0 spiro atoms. The average molecular weight is 348 g/mol. The predicted octanol–water partition coefficient (Wildman–Crippen LogP) is -0.979. The van der Waals surface area contributed by atoms with Crippen LogP contribution in [-0.4, -0.2) is 49.1 Å². The molecule has 1 aliphatic heterocycles. The van der Waals surface area contributed by atoms with E-state index in [1.54, 1.807) is 25.0 Å². The minimum absolute atomic E-state index is 0.0292. The minimum atomic E-state index is -0.344. The van der Waals surface area contributed by atoms with E-state index in [-0.39, 0.29) is 23.1 Å². The summed E-state index contributed by atoms with van der Waals surface area (Å²) >= 11 is 0. The van der Waals surface area contributed by atoms with E-state index < -0.39 is 0 Å². The lowest BCUT2D eigenvalue weighted by Gasteiger charge is -2.30. The van der Waals surface area contributed by atoms with Crippen molar-refractivity contribution in [2.75, 3.05) is 19.6 Å². The summed E-state index contributed by atoms with van der Waals surface area (Å²) in [5, 5.41) is 0. The fraction of sp³-hybridized carbons (Fsp3) is 0.625. The number of rotatable bonds is 5. The van der Waals surface area contributed by atoms with Crippen LogP contribution in [-0.2, 0) is 25.4 Å². The lowest BCUT2D eigenvalue weighted by molar-refractivity contribution is -0.123. The SMILES string of the molecule is Cn1cnc2c1c(=O)n(CCCN1CCC(C(N)=O)CC1)c(=O)n2C. The van der Waals surface area contributed by atoms with Crippen LogP contribution in [0.4, 0.5) is 0 Å². The molecule has 2 aromatic rings. The maximum atomic E-state index is 12.6. The first kappa shape index (κ1) is 17.4. The van der Waals surface area contributed by atoms with Gasteiger partial charge in [0, 0.05) is 26.6 Å². The molecule has 0 bridgehead atoms. The number of hydrogen-bond donors (Lipinski definition) is 1. The lowest BCUT2D eigenvalue weighted by atomic mass is 9.96. The Hall–Kier alpha value is -2.42. The van der Waals surface area contributed by atoms with Gasteiger partial charge in [0.05, 0.1) is 6.33 Å². The van der Waals surface area contributed by atoms with Crippen molar-refractivity contribution in [3.8, 4) is 0 Å². The topological polar surface area (TPSA) is 108 Å². The van der Waals surface area contributed by atoms with Crippen molar-refractivity contribution in [3.05, 3.63) is 27.2 Å². The molecule has 0 saturated carbocycles. The number of primary amides is 1. The van der Waals surface area contributed by atoms with Crippen LogP contribution in [0, 0.1) is 5.92 Å². The fourth-order valence-corrected chi connectivity index (χ4v) is 3.49. The first-order valence-electron chi connectivity index (χ1n) is 8.52. The Bertz CT molecular complexity index is 901. The van der Waals surface area contributed by atoms with Gasteiger partial charge in [0.25, 0.3) is 5.56 Å². The van der Waals surface area contributed by atoms with Gasteiger partial charge in [-0.25, -0.2) is 9.78 Å². The van der Waals surface area contributed by atoms with Crippen LogP contribution in [0.3, 0.4) is 0 Å². The number of amides is 1. The summed E-state index contributed by atoms with van der Waals surface area (Å²) in [7, 11) is 3.37. The Morgan fingerprint density at radius 1 is 1.24 bits per heavy atom. The number of carbonyl (C=O) groups is 1. The van der Waals surface area contributed by atoms with Crippen LogP contribution in [0.1, 0.15) is 19.3 Å². The molecule has 9 heteroatoms. The minimum Gasteiger partial charge on any atom is -0.369 e. The predicted molar refractivity (Wildman–Crippen MR) is 93.2 cm³/mol. The van der Waals surface area contributed by atoms with Gasteiger partial charge in [-0.15, -0.1) is 0 Å². The standard InChI is InChI=1S/C16H24N6O3/c1-19-10-18-14-12(19)15(24)22(16(25)20(14)2)7-3-6-21-8-4-11(5-9-21)13(17)23/h10-11H,3-9H2,1-2H3,(H2,17,23). The van der Waals surface area contributed by atoms with Gasteiger partial charge in [-0.1, -0.05) is 0 Å². The number of piperidine rings is 1. The Morgan fingerprint density at radius 3 is 2.56 bits per heavy atom. The number of nitrogens with zero attached hydrogens (tertiary/aromatic N) is 5. The van der Waals surface area contributed by atoms with Crippen LogP contribution in [0.5, 0.6) is 0 Å². The zero-order valence-electron chi connectivity index (χ0n) is 14.6. The highest BCUT2D eigenvalue weighted by Gasteiger charge is 2.22. The van der Waals surface area contributed by atoms with Gasteiger partial charge in [-0.3, -0.25) is 18.7 Å². The molecule has 1 fully saturated rings. The van der Waals surface area contributed by atoms with Crippen molar-refractivity contribution in [1.82, 2.24) is 23.6 Å². The summed E-state index contributed by atoms with van der Waals surface area (Å²) in [4.78, 5) is 42.6. The largest absolute Gasteiger partial charge is 0.369 e. The molecule has 0 atom stereocenters. The van der Waals surface area contributed by atoms with E-state index in [1.165, 1.54) is 9.13 Å². The number of carbonyl (C=O) groups excluding carboxylic acids is 1. The number of likely N-dealkylation sites (tertiary alicyclic amines) is 1. The zero-order valence-corrected chi connectivity index (χ0v) is 14.6. The molecular weight excluding hydrogens is 324 g/mol. The van der Waals surface area contributed by atoms with Crippen LogP contribution in [0.25, 0.3) is 11.2 Å². The van der Waals surface area contributed by atoms with Crippen LogP contribution >= 0.6 is 0 Å². The summed E-state index contributed by atoms with van der Waals surface area (Å²) < 4.78 is 4.33. The molecule has 0 radical (unpaired) electrons. The molecule has 3 rings (SSSR count). The van der Waals surface area contributed by atoms with Gasteiger partial charge in [-0.2, -0.15) is 0 Å². The average Bonchev–Trinajstić information content (AvgIpc) is 2.98. The number of imidazole rings is 1. The van der Waals surface area contributed by atoms with Crippen molar-refractivity contribution in [1.29, 1.82) is 0 Å². The fourth-order valence-electron chi connectivity index (χ4n) is 3.49. The van der Waals surface area contributed by atoms with E-state index in [0.717, 1.165) is 32.5 Å². The number of fused-ring (bicyclic) bond motifs is 1. The summed E-state index contributed by atoms with van der Waals surface area (Å²) in [6.07, 6.45) is 3.79. The number of aryl methyl sites for hydroxylation is 2. The van der Waals surface area contributed by atoms with Crippen molar-refractivity contribution < 1.29 is 4.79 Å². The number of hydrogen-bond acceptors (Lipinski definition) is 5. The summed E-state index contributed by atoms with van der Waals surface area (Å²) in [5.41, 5.74) is 5.54. The molecule has 2 N–H and O–H groups in total. The number of aromatic nitrogens is 4. The zero-order chi connectivity index (χ0) is 18.1. The van der Waals surface area contributed by atoms with E-state index in [1.807, 2.05) is 0 Å². The second-order valence-electron chi connectivity index (χ2n) is 6.70. The molecular formula is C16H24N6O3. The quantitative estimate of drug-likeness (QED) is 0.747. The highest BCUT2D eigenvalue weighted by molar-refractivity contribution is 5.76. The molecule has 1 amide bonds. The van der Waals surface area contributed by atoms with Gasteiger partial charge in [0.1, 0.15) is 0 Å². The van der Waals surface area contributed by atoms with E-state index in [9.17, 15) is 14.4 Å². The van der Waals surface area contributed by atoms with Crippen molar-refractivity contribution >= 4 is 17.1 Å². The third-order valence-electron chi connectivity index (χ3n) is 5.05. The van der Waals surface area contributed by atoms with E-state index in [2.05, 4.69) is 9.88 Å². The van der Waals surface area contributed by atoms with Gasteiger partial charge < -0.3 is 15.2 Å². The van der Waals surface area contributed by atoms with E-state index >= 15 is 0 Å². The van der Waals surface area contributed by atoms with Crippen LogP contribution < -0.4 is 17.0 Å². The Morgan fingerprint density at radius 2 is 1.92 bits per heavy atom. The molecule has 0 aromatic carbocycles. The van der Waals surface area contributed by atoms with Crippen LogP contribution in [0.2, 0.25) is 0 Å². The summed E-state index contributed by atoms with van der Waals surface area (Å²) in [5.74, 6) is -0.252. The van der Waals surface area contributed by atoms with Crippen molar-refractivity contribution in [3.63, 3.8) is 0 Å². The second kappa shape index (κ2) is 6.83. The molecule has 1 aliphatic rings. The van der Waals surface area contributed by atoms with Gasteiger partial charge in [0.2, 0.25) is 5.91 Å². The number of nitrogens with two attached hydrogens (primary N) is 1. The van der Waals surface area contributed by atoms with Crippen molar-refractivity contribution in [2.24, 2.45) is 25.7 Å². The normalized spacial score (nSPS) is 16.6. The highest BCUT2D eigenvalue weighted by atomic mass is 16.2. The molecule has 3 heterocycles. The molecule has 1 saturated heterocycles. The van der Waals surface area contributed by atoms with E-state index in [4.69, 9.17) is 5.73 Å². The molecule has 0 unspecified atom stereocenters. The molecule has 9 nitrogen and oxygen atoms in total. The summed E-state index contributed by atoms with van der Waals surface area (Å²) in [6.45, 7) is 2.79. The van der Waals surface area contributed by atoms with Gasteiger partial charge in [-0.05, 0) is 38.9 Å². The Balaban J connectivity index is 1.68.